The average Bonchev–Trinajstić information content (AvgIpc) is 3.40. The minimum absolute atomic E-state index is 0.155. The molecule has 0 saturated heterocycles. The summed E-state index contributed by atoms with van der Waals surface area (Å²) in [6.45, 7) is 2.07. The molecule has 1 amide bonds. The molecule has 1 aliphatic heterocycles. The minimum Gasteiger partial charge on any atom is -0.503 e. The number of carbonyl (C=O) groups excluding carboxylic acids is 1. The molecule has 0 bridgehead atoms. The largest absolute Gasteiger partial charge is 0.503 e. The molecule has 39 heavy (non-hydrogen) atoms. The van der Waals surface area contributed by atoms with Crippen molar-refractivity contribution < 1.29 is 23.1 Å². The molecule has 4 aromatic rings. The Morgan fingerprint density at radius 2 is 1.90 bits per heavy atom. The number of nitrogens with one attached hydrogen (secondary N) is 2. The minimum atomic E-state index is -1.77. The first kappa shape index (κ1) is 25.4. The Morgan fingerprint density at radius 3 is 2.72 bits per heavy atom. The van der Waals surface area contributed by atoms with Crippen LogP contribution in [-0.2, 0) is 13.0 Å². The number of pyridine rings is 1. The van der Waals surface area contributed by atoms with Crippen molar-refractivity contribution in [2.75, 3.05) is 13.1 Å². The van der Waals surface area contributed by atoms with E-state index in [9.17, 15) is 18.0 Å². The molecule has 2 aliphatic rings. The molecule has 1 saturated carbocycles. The van der Waals surface area contributed by atoms with E-state index in [1.807, 2.05) is 4.68 Å². The van der Waals surface area contributed by atoms with Crippen molar-refractivity contribution in [3.8, 4) is 17.0 Å². The van der Waals surface area contributed by atoms with Crippen LogP contribution in [0, 0.1) is 23.4 Å². The van der Waals surface area contributed by atoms with Gasteiger partial charge in [0.05, 0.1) is 22.8 Å². The summed E-state index contributed by atoms with van der Waals surface area (Å²) in [4.78, 5) is 17.2. The Labute approximate surface area is 223 Å². The summed E-state index contributed by atoms with van der Waals surface area (Å²) < 4.78 is 43.2. The Balaban J connectivity index is 1.08. The maximum absolute atomic E-state index is 14.0. The van der Waals surface area contributed by atoms with Crippen LogP contribution in [0.1, 0.15) is 53.3 Å². The van der Waals surface area contributed by atoms with Crippen LogP contribution in [-0.4, -0.2) is 38.9 Å². The fourth-order valence-electron chi connectivity index (χ4n) is 5.58. The Hall–Kier alpha value is -3.92. The van der Waals surface area contributed by atoms with E-state index in [0.717, 1.165) is 73.0 Å². The second-order valence-electron chi connectivity index (χ2n) is 10.4. The van der Waals surface area contributed by atoms with Crippen LogP contribution in [0.3, 0.4) is 0 Å². The molecule has 1 aliphatic carbocycles. The van der Waals surface area contributed by atoms with Crippen LogP contribution in [0.4, 0.5) is 13.2 Å². The highest BCUT2D eigenvalue weighted by Gasteiger charge is 2.26. The Kier molecular flexibility index (Phi) is 6.72. The van der Waals surface area contributed by atoms with Gasteiger partial charge in [-0.1, -0.05) is 18.2 Å². The van der Waals surface area contributed by atoms with Gasteiger partial charge in [0.1, 0.15) is 0 Å². The van der Waals surface area contributed by atoms with Gasteiger partial charge in [-0.05, 0) is 55.4 Å². The maximum Gasteiger partial charge on any atom is 0.254 e. The lowest BCUT2D eigenvalue weighted by Gasteiger charge is -2.28. The molecule has 3 N–H and O–H groups in total. The topological polar surface area (TPSA) is 92.1 Å². The summed E-state index contributed by atoms with van der Waals surface area (Å²) in [5.41, 5.74) is 4.55. The normalized spacial score (nSPS) is 19.2. The summed E-state index contributed by atoms with van der Waals surface area (Å²) in [6.07, 6.45) is 6.35. The second-order valence-corrected chi connectivity index (χ2v) is 10.4. The number of fused-ring (bicyclic) bond motifs is 2. The molecule has 0 atom stereocenters. The number of halogens is 3. The molecule has 1 fully saturated rings. The van der Waals surface area contributed by atoms with Crippen LogP contribution in [0.5, 0.6) is 5.75 Å². The van der Waals surface area contributed by atoms with E-state index in [0.29, 0.717) is 6.07 Å². The zero-order valence-corrected chi connectivity index (χ0v) is 21.2. The highest BCUT2D eigenvalue weighted by Crippen LogP contribution is 2.33. The zero-order chi connectivity index (χ0) is 27.1. The number of aromatic nitrogens is 3. The fraction of sp³-hybridized carbons (Fsp3) is 0.345. The van der Waals surface area contributed by atoms with Crippen molar-refractivity contribution in [1.29, 1.82) is 0 Å². The smallest absolute Gasteiger partial charge is 0.254 e. The summed E-state index contributed by atoms with van der Waals surface area (Å²) in [6, 6.07) is 11.2. The summed E-state index contributed by atoms with van der Waals surface area (Å²) in [7, 11) is 0. The summed E-state index contributed by atoms with van der Waals surface area (Å²) >= 11 is 0. The van der Waals surface area contributed by atoms with Gasteiger partial charge in [0, 0.05) is 48.9 Å². The Bertz CT molecular complexity index is 1560. The number of carbonyl (C=O) groups is 1. The fourth-order valence-corrected chi connectivity index (χ4v) is 5.58. The van der Waals surface area contributed by atoms with Gasteiger partial charge in [-0.2, -0.15) is 9.49 Å². The van der Waals surface area contributed by atoms with E-state index in [1.54, 1.807) is 0 Å². The molecular formula is C29H28F3N5O2. The second kappa shape index (κ2) is 10.3. The summed E-state index contributed by atoms with van der Waals surface area (Å²) in [5, 5.41) is 21.0. The van der Waals surface area contributed by atoms with Gasteiger partial charge >= 0.3 is 0 Å². The molecule has 0 radical (unpaired) electrons. The molecule has 2 aromatic heterocycles. The lowest BCUT2D eigenvalue weighted by molar-refractivity contribution is 0.0935. The predicted octanol–water partition coefficient (Wildman–Crippen LogP) is 5.03. The SMILES string of the molecule is O=C(NC[C@H]1CC[C@H](n2cc3ccc(-c4ccc5c(n4)CCNC5)cc3n2)CC1)c1cc(F)c(O)c(F)c1F. The van der Waals surface area contributed by atoms with Crippen molar-refractivity contribution in [3.05, 3.63) is 76.9 Å². The predicted molar refractivity (Wildman–Crippen MR) is 140 cm³/mol. The van der Waals surface area contributed by atoms with Crippen molar-refractivity contribution in [2.24, 2.45) is 5.92 Å². The highest BCUT2D eigenvalue weighted by atomic mass is 19.2. The van der Waals surface area contributed by atoms with Crippen molar-refractivity contribution in [1.82, 2.24) is 25.4 Å². The van der Waals surface area contributed by atoms with Crippen LogP contribution < -0.4 is 10.6 Å². The molecule has 202 valence electrons. The van der Waals surface area contributed by atoms with E-state index < -0.39 is 34.7 Å². The van der Waals surface area contributed by atoms with Crippen molar-refractivity contribution in [3.63, 3.8) is 0 Å². The first-order chi connectivity index (χ1) is 18.9. The lowest BCUT2D eigenvalue weighted by Crippen LogP contribution is -2.32. The number of amides is 1. The lowest BCUT2D eigenvalue weighted by atomic mass is 9.86. The third-order valence-electron chi connectivity index (χ3n) is 7.86. The van der Waals surface area contributed by atoms with Gasteiger partial charge in [-0.3, -0.25) is 14.5 Å². The number of hydrogen-bond donors (Lipinski definition) is 3. The maximum atomic E-state index is 14.0. The standard InChI is InChI=1S/C29H28F3N5O2/c30-22-12-21(26(31)27(32)28(22)38)29(39)34-13-16-1-6-20(7-2-16)37-15-19-4-3-17(11-25(19)36-37)23-8-5-18-14-33-10-9-24(18)35-23/h3-5,8,11-12,15-16,20,33,38H,1-2,6-7,9-10,13-14H2,(H,34,39)/t16-,20-. The Morgan fingerprint density at radius 1 is 1.08 bits per heavy atom. The first-order valence-electron chi connectivity index (χ1n) is 13.2. The molecule has 2 aromatic carbocycles. The molecule has 10 heteroatoms. The zero-order valence-electron chi connectivity index (χ0n) is 21.2. The number of benzene rings is 2. The summed E-state index contributed by atoms with van der Waals surface area (Å²) in [5.74, 6) is -6.90. The van der Waals surface area contributed by atoms with E-state index in [-0.39, 0.29) is 18.5 Å². The van der Waals surface area contributed by atoms with Crippen LogP contribution in [0.15, 0.2) is 42.6 Å². The molecule has 3 heterocycles. The molecule has 7 nitrogen and oxygen atoms in total. The first-order valence-corrected chi connectivity index (χ1v) is 13.2. The number of rotatable bonds is 5. The van der Waals surface area contributed by atoms with Crippen LogP contribution >= 0.6 is 0 Å². The molecule has 6 rings (SSSR count). The monoisotopic (exact) mass is 535 g/mol. The average molecular weight is 536 g/mol. The van der Waals surface area contributed by atoms with Gasteiger partial charge in [-0.15, -0.1) is 0 Å². The van der Waals surface area contributed by atoms with E-state index in [1.165, 1.54) is 5.56 Å². The van der Waals surface area contributed by atoms with Crippen molar-refractivity contribution >= 4 is 16.8 Å². The third kappa shape index (κ3) is 4.96. The van der Waals surface area contributed by atoms with E-state index in [2.05, 4.69) is 47.2 Å². The van der Waals surface area contributed by atoms with Gasteiger partial charge < -0.3 is 15.7 Å². The number of hydrogen-bond acceptors (Lipinski definition) is 5. The number of aromatic hydroxyl groups is 1. The van der Waals surface area contributed by atoms with Gasteiger partial charge in [0.25, 0.3) is 5.91 Å². The molecular weight excluding hydrogens is 507 g/mol. The number of phenolic OH excluding ortho intramolecular Hbond substituents is 1. The van der Waals surface area contributed by atoms with Crippen LogP contribution in [0.2, 0.25) is 0 Å². The van der Waals surface area contributed by atoms with E-state index in [4.69, 9.17) is 15.2 Å². The third-order valence-corrected chi connectivity index (χ3v) is 7.86. The van der Waals surface area contributed by atoms with E-state index >= 15 is 0 Å². The van der Waals surface area contributed by atoms with Gasteiger partial charge in [-0.25, -0.2) is 8.78 Å². The highest BCUT2D eigenvalue weighted by molar-refractivity contribution is 5.94. The van der Waals surface area contributed by atoms with Crippen LogP contribution in [0.25, 0.3) is 22.2 Å². The molecule has 0 unspecified atom stereocenters. The number of phenols is 1. The van der Waals surface area contributed by atoms with Gasteiger partial charge in [0.15, 0.2) is 17.4 Å². The quantitative estimate of drug-likeness (QED) is 0.312. The molecule has 0 spiro atoms. The van der Waals surface area contributed by atoms with Crippen molar-refractivity contribution in [2.45, 2.75) is 44.7 Å². The number of nitrogens with zero attached hydrogens (tertiary/aromatic N) is 3. The van der Waals surface area contributed by atoms with Gasteiger partial charge in [0.2, 0.25) is 5.82 Å².